The first-order valence-electron chi connectivity index (χ1n) is 2.54. The number of methoxy groups -OCH3 is 1. The first-order valence-corrected chi connectivity index (χ1v) is 2.54. The number of nitriles is 1. The first-order chi connectivity index (χ1) is 3.86. The maximum absolute atomic E-state index is 8.22. The molecule has 0 aromatic carbocycles. The summed E-state index contributed by atoms with van der Waals surface area (Å²) in [5.74, 6) is 0. The van der Waals surface area contributed by atoms with Crippen LogP contribution in [-0.2, 0) is 4.74 Å². The smallest absolute Gasteiger partial charge is 0.179 e. The van der Waals surface area contributed by atoms with Crippen molar-refractivity contribution < 1.29 is 4.74 Å². The molecular weight excluding hydrogens is 104 g/mol. The van der Waals surface area contributed by atoms with E-state index in [0.29, 0.717) is 6.10 Å². The Morgan fingerprint density at radius 3 is 2.75 bits per heavy atom. The fraction of sp³-hybridized carbons (Fsp3) is 0.800. The molecule has 0 atom stereocenters. The van der Waals surface area contributed by atoms with Gasteiger partial charge in [0.25, 0.3) is 0 Å². The van der Waals surface area contributed by atoms with Crippen molar-refractivity contribution in [2.24, 2.45) is 0 Å². The van der Waals surface area contributed by atoms with Gasteiger partial charge in [-0.1, -0.05) is 0 Å². The number of hydrogen-bond donors (Lipinski definition) is 0. The Morgan fingerprint density at radius 1 is 1.75 bits per heavy atom. The second kappa shape index (κ2) is 2.01. The van der Waals surface area contributed by atoms with Gasteiger partial charge in [0.05, 0.1) is 19.2 Å². The van der Waals surface area contributed by atoms with E-state index in [2.05, 4.69) is 0 Å². The van der Waals surface area contributed by atoms with Gasteiger partial charge in [0.2, 0.25) is 0 Å². The molecule has 0 N–H and O–H groups in total. The highest BCUT2D eigenvalue weighted by Gasteiger charge is 2.24. The number of hydrogen-bond acceptors (Lipinski definition) is 3. The quantitative estimate of drug-likeness (QED) is 0.441. The second-order valence-electron chi connectivity index (χ2n) is 1.86. The summed E-state index contributed by atoms with van der Waals surface area (Å²) in [4.78, 5) is 1.66. The van der Waals surface area contributed by atoms with E-state index in [1.54, 1.807) is 12.0 Å². The lowest BCUT2D eigenvalue weighted by atomic mass is 10.2. The summed E-state index contributed by atoms with van der Waals surface area (Å²) in [5, 5.41) is 8.22. The number of nitrogens with zero attached hydrogens (tertiary/aromatic N) is 2. The van der Waals surface area contributed by atoms with Crippen LogP contribution in [0.25, 0.3) is 0 Å². The van der Waals surface area contributed by atoms with E-state index in [9.17, 15) is 0 Å². The molecule has 3 heteroatoms. The van der Waals surface area contributed by atoms with Gasteiger partial charge in [-0.25, -0.2) is 0 Å². The fourth-order valence-corrected chi connectivity index (χ4v) is 0.669. The molecule has 0 unspecified atom stereocenters. The monoisotopic (exact) mass is 112 g/mol. The summed E-state index contributed by atoms with van der Waals surface area (Å²) in [6.45, 7) is 1.54. The predicted octanol–water partition coefficient (Wildman–Crippen LogP) is -0.202. The van der Waals surface area contributed by atoms with Crippen molar-refractivity contribution in [3.8, 4) is 6.19 Å². The van der Waals surface area contributed by atoms with Crippen molar-refractivity contribution in [1.29, 1.82) is 5.26 Å². The van der Waals surface area contributed by atoms with Gasteiger partial charge in [0, 0.05) is 7.11 Å². The SMILES string of the molecule is COC1CN(C#N)C1. The van der Waals surface area contributed by atoms with Gasteiger partial charge in [-0.05, 0) is 0 Å². The Morgan fingerprint density at radius 2 is 2.38 bits per heavy atom. The van der Waals surface area contributed by atoms with Crippen LogP contribution in [0.1, 0.15) is 0 Å². The average Bonchev–Trinajstić information content (AvgIpc) is 1.65. The lowest BCUT2D eigenvalue weighted by Gasteiger charge is -2.33. The zero-order chi connectivity index (χ0) is 5.98. The third-order valence-electron chi connectivity index (χ3n) is 1.32. The second-order valence-corrected chi connectivity index (χ2v) is 1.86. The van der Waals surface area contributed by atoms with Gasteiger partial charge in [-0.15, -0.1) is 0 Å². The summed E-state index contributed by atoms with van der Waals surface area (Å²) < 4.78 is 4.93. The Bertz CT molecular complexity index is 112. The molecule has 1 aliphatic heterocycles. The molecule has 1 fully saturated rings. The lowest BCUT2D eigenvalue weighted by Crippen LogP contribution is -2.48. The molecule has 0 bridgehead atoms. The maximum atomic E-state index is 8.22. The highest BCUT2D eigenvalue weighted by molar-refractivity contribution is 4.88. The molecule has 0 saturated carbocycles. The Balaban J connectivity index is 2.14. The van der Waals surface area contributed by atoms with Gasteiger partial charge in [0.15, 0.2) is 6.19 Å². The highest BCUT2D eigenvalue weighted by atomic mass is 16.5. The van der Waals surface area contributed by atoms with Crippen LogP contribution in [0.3, 0.4) is 0 Å². The van der Waals surface area contributed by atoms with Crippen molar-refractivity contribution in [3.05, 3.63) is 0 Å². The van der Waals surface area contributed by atoms with Crippen LogP contribution < -0.4 is 0 Å². The van der Waals surface area contributed by atoms with E-state index in [4.69, 9.17) is 10.00 Å². The van der Waals surface area contributed by atoms with Crippen LogP contribution >= 0.6 is 0 Å². The lowest BCUT2D eigenvalue weighted by molar-refractivity contribution is -0.000587. The molecule has 0 spiro atoms. The van der Waals surface area contributed by atoms with Crippen molar-refractivity contribution >= 4 is 0 Å². The van der Waals surface area contributed by atoms with Gasteiger partial charge in [-0.3, -0.25) is 0 Å². The highest BCUT2D eigenvalue weighted by Crippen LogP contribution is 2.07. The Kier molecular flexibility index (Phi) is 1.36. The molecule has 8 heavy (non-hydrogen) atoms. The summed E-state index contributed by atoms with van der Waals surface area (Å²) in [5.41, 5.74) is 0. The zero-order valence-electron chi connectivity index (χ0n) is 4.79. The van der Waals surface area contributed by atoms with E-state index >= 15 is 0 Å². The molecule has 1 rings (SSSR count). The minimum atomic E-state index is 0.301. The summed E-state index contributed by atoms with van der Waals surface area (Å²) >= 11 is 0. The minimum Gasteiger partial charge on any atom is -0.378 e. The standard InChI is InChI=1S/C5H8N2O/c1-8-5-2-7(3-5)4-6/h5H,2-3H2,1H3. The molecule has 0 aromatic heterocycles. The van der Waals surface area contributed by atoms with E-state index < -0.39 is 0 Å². The van der Waals surface area contributed by atoms with Crippen LogP contribution in [0.4, 0.5) is 0 Å². The molecule has 0 amide bonds. The van der Waals surface area contributed by atoms with Crippen LogP contribution in [0.5, 0.6) is 0 Å². The van der Waals surface area contributed by atoms with Crippen LogP contribution in [0.15, 0.2) is 0 Å². The van der Waals surface area contributed by atoms with Crippen molar-refractivity contribution in [2.45, 2.75) is 6.10 Å². The van der Waals surface area contributed by atoms with E-state index in [-0.39, 0.29) is 0 Å². The molecule has 0 aromatic rings. The molecule has 0 radical (unpaired) electrons. The van der Waals surface area contributed by atoms with Crippen LogP contribution in [0, 0.1) is 11.5 Å². The molecule has 3 nitrogen and oxygen atoms in total. The zero-order valence-corrected chi connectivity index (χ0v) is 4.79. The van der Waals surface area contributed by atoms with E-state index in [0.717, 1.165) is 13.1 Å². The topological polar surface area (TPSA) is 36.3 Å². The van der Waals surface area contributed by atoms with Crippen molar-refractivity contribution in [1.82, 2.24) is 4.90 Å². The van der Waals surface area contributed by atoms with Gasteiger partial charge in [-0.2, -0.15) is 5.26 Å². The third-order valence-corrected chi connectivity index (χ3v) is 1.32. The first kappa shape index (κ1) is 5.39. The fourth-order valence-electron chi connectivity index (χ4n) is 0.669. The molecule has 1 saturated heterocycles. The normalized spacial score (nSPS) is 19.8. The minimum absolute atomic E-state index is 0.301. The number of likely N-dealkylation sites (tertiary alicyclic amines) is 1. The molecule has 1 aliphatic rings. The van der Waals surface area contributed by atoms with E-state index in [1.807, 2.05) is 6.19 Å². The molecular formula is C5H8N2O. The van der Waals surface area contributed by atoms with E-state index in [1.165, 1.54) is 0 Å². The molecule has 1 heterocycles. The van der Waals surface area contributed by atoms with Crippen LogP contribution in [-0.4, -0.2) is 31.2 Å². The largest absolute Gasteiger partial charge is 0.378 e. The average molecular weight is 112 g/mol. The third kappa shape index (κ3) is 0.749. The maximum Gasteiger partial charge on any atom is 0.179 e. The molecule has 44 valence electrons. The predicted molar refractivity (Wildman–Crippen MR) is 28.0 cm³/mol. The Labute approximate surface area is 48.5 Å². The molecule has 0 aliphatic carbocycles. The van der Waals surface area contributed by atoms with Crippen LogP contribution in [0.2, 0.25) is 0 Å². The Hall–Kier alpha value is -0.750. The van der Waals surface area contributed by atoms with Crippen molar-refractivity contribution in [3.63, 3.8) is 0 Å². The number of ether oxygens (including phenoxy) is 1. The summed E-state index contributed by atoms with van der Waals surface area (Å²) in [6.07, 6.45) is 2.32. The van der Waals surface area contributed by atoms with Gasteiger partial charge in [0.1, 0.15) is 0 Å². The van der Waals surface area contributed by atoms with Gasteiger partial charge < -0.3 is 9.64 Å². The van der Waals surface area contributed by atoms with Gasteiger partial charge >= 0.3 is 0 Å². The number of rotatable bonds is 1. The summed E-state index contributed by atoms with van der Waals surface area (Å²) in [6, 6.07) is 0. The summed E-state index contributed by atoms with van der Waals surface area (Å²) in [7, 11) is 1.67. The van der Waals surface area contributed by atoms with Crippen molar-refractivity contribution in [2.75, 3.05) is 20.2 Å².